The van der Waals surface area contributed by atoms with E-state index in [9.17, 15) is 18.9 Å². The highest BCUT2D eigenvalue weighted by molar-refractivity contribution is 5.52. The van der Waals surface area contributed by atoms with Crippen molar-refractivity contribution in [3.05, 3.63) is 69.3 Å². The van der Waals surface area contributed by atoms with Gasteiger partial charge in [-0.25, -0.2) is 8.78 Å². The molecule has 1 N–H and O–H groups in total. The Hall–Kier alpha value is -2.50. The molecule has 0 amide bonds. The first-order chi connectivity index (χ1) is 9.47. The zero-order chi connectivity index (χ0) is 14.7. The second kappa shape index (κ2) is 5.64. The lowest BCUT2D eigenvalue weighted by atomic mass is 10.1. The van der Waals surface area contributed by atoms with Crippen molar-refractivity contribution in [1.82, 2.24) is 0 Å². The fraction of sp³-hybridized carbons (Fsp3) is 0.143. The maximum atomic E-state index is 13.6. The van der Waals surface area contributed by atoms with Crippen LogP contribution in [0.3, 0.4) is 0 Å². The standard InChI is InChI=1S/C14H12F2N2O2/c1-9-6-11(15)3-2-10(9)8-17-14-7-12(18(19)20)4-5-13(14)16/h2-7,17H,8H2,1H3. The number of halogens is 2. The third kappa shape index (κ3) is 3.09. The lowest BCUT2D eigenvalue weighted by Gasteiger charge is -2.10. The number of rotatable bonds is 4. The summed E-state index contributed by atoms with van der Waals surface area (Å²) in [7, 11) is 0. The van der Waals surface area contributed by atoms with E-state index in [2.05, 4.69) is 5.32 Å². The van der Waals surface area contributed by atoms with Gasteiger partial charge in [-0.1, -0.05) is 6.07 Å². The molecule has 2 aromatic rings. The van der Waals surface area contributed by atoms with Crippen LogP contribution in [0.25, 0.3) is 0 Å². The van der Waals surface area contributed by atoms with Gasteiger partial charge in [0.15, 0.2) is 0 Å². The van der Waals surface area contributed by atoms with Crippen LogP contribution < -0.4 is 5.32 Å². The molecule has 0 saturated heterocycles. The third-order valence-corrected chi connectivity index (χ3v) is 2.93. The second-order valence-electron chi connectivity index (χ2n) is 4.35. The van der Waals surface area contributed by atoms with Crippen LogP contribution in [-0.2, 0) is 6.54 Å². The van der Waals surface area contributed by atoms with E-state index < -0.39 is 10.7 Å². The Morgan fingerprint density at radius 1 is 1.20 bits per heavy atom. The van der Waals surface area contributed by atoms with Gasteiger partial charge in [0, 0.05) is 18.7 Å². The molecule has 0 aliphatic carbocycles. The molecule has 0 spiro atoms. The van der Waals surface area contributed by atoms with E-state index in [1.807, 2.05) is 0 Å². The minimum absolute atomic E-state index is 0.0444. The van der Waals surface area contributed by atoms with Gasteiger partial charge < -0.3 is 5.32 Å². The van der Waals surface area contributed by atoms with Crippen molar-refractivity contribution in [2.45, 2.75) is 13.5 Å². The summed E-state index contributed by atoms with van der Waals surface area (Å²) in [6.07, 6.45) is 0. The molecule has 0 aromatic heterocycles. The minimum Gasteiger partial charge on any atom is -0.378 e. The molecule has 0 bridgehead atoms. The molecule has 20 heavy (non-hydrogen) atoms. The number of hydrogen-bond acceptors (Lipinski definition) is 3. The van der Waals surface area contributed by atoms with Gasteiger partial charge in [-0.05, 0) is 36.2 Å². The van der Waals surface area contributed by atoms with Gasteiger partial charge in [0.2, 0.25) is 0 Å². The van der Waals surface area contributed by atoms with Gasteiger partial charge >= 0.3 is 0 Å². The molecule has 2 rings (SSSR count). The molecule has 104 valence electrons. The SMILES string of the molecule is Cc1cc(F)ccc1CNc1cc([N+](=O)[O-])ccc1F. The molecule has 0 aliphatic heterocycles. The molecule has 2 aromatic carbocycles. The smallest absolute Gasteiger partial charge is 0.271 e. The van der Waals surface area contributed by atoms with Crippen molar-refractivity contribution in [2.75, 3.05) is 5.32 Å². The zero-order valence-corrected chi connectivity index (χ0v) is 10.7. The Labute approximate surface area is 114 Å². The van der Waals surface area contributed by atoms with Crippen LogP contribution >= 0.6 is 0 Å². The van der Waals surface area contributed by atoms with Crippen LogP contribution in [0, 0.1) is 28.7 Å². The van der Waals surface area contributed by atoms with Gasteiger partial charge in [-0.3, -0.25) is 10.1 Å². The number of hydrogen-bond donors (Lipinski definition) is 1. The Bertz CT molecular complexity index is 660. The highest BCUT2D eigenvalue weighted by Crippen LogP contribution is 2.22. The van der Waals surface area contributed by atoms with E-state index in [1.165, 1.54) is 12.1 Å². The summed E-state index contributed by atoms with van der Waals surface area (Å²) in [6.45, 7) is 1.99. The van der Waals surface area contributed by atoms with Crippen molar-refractivity contribution in [3.8, 4) is 0 Å². The molecule has 0 aliphatic rings. The van der Waals surface area contributed by atoms with E-state index in [1.54, 1.807) is 13.0 Å². The van der Waals surface area contributed by atoms with Crippen molar-refractivity contribution < 1.29 is 13.7 Å². The number of anilines is 1. The first-order valence-electron chi connectivity index (χ1n) is 5.90. The number of nitro benzene ring substituents is 1. The summed E-state index contributed by atoms with van der Waals surface area (Å²) in [5.74, 6) is -0.914. The number of nitrogens with one attached hydrogen (secondary N) is 1. The van der Waals surface area contributed by atoms with Crippen molar-refractivity contribution >= 4 is 11.4 Å². The number of non-ortho nitro benzene ring substituents is 1. The van der Waals surface area contributed by atoms with E-state index in [-0.39, 0.29) is 23.7 Å². The third-order valence-electron chi connectivity index (χ3n) is 2.93. The number of nitrogens with zero attached hydrogens (tertiary/aromatic N) is 1. The number of benzene rings is 2. The molecule has 0 unspecified atom stereocenters. The van der Waals surface area contributed by atoms with Gasteiger partial charge in [-0.2, -0.15) is 0 Å². The molecule has 0 radical (unpaired) electrons. The summed E-state index contributed by atoms with van der Waals surface area (Å²) in [4.78, 5) is 10.1. The van der Waals surface area contributed by atoms with E-state index in [0.717, 1.165) is 29.3 Å². The van der Waals surface area contributed by atoms with Gasteiger partial charge in [0.05, 0.1) is 10.6 Å². The largest absolute Gasteiger partial charge is 0.378 e. The maximum absolute atomic E-state index is 13.6. The predicted molar refractivity (Wildman–Crippen MR) is 71.5 cm³/mol. The lowest BCUT2D eigenvalue weighted by Crippen LogP contribution is -2.04. The molecule has 4 nitrogen and oxygen atoms in total. The van der Waals surface area contributed by atoms with Crippen molar-refractivity contribution in [2.24, 2.45) is 0 Å². The molecule has 6 heteroatoms. The molecular formula is C14H12F2N2O2. The lowest BCUT2D eigenvalue weighted by molar-refractivity contribution is -0.384. The van der Waals surface area contributed by atoms with Crippen LogP contribution in [0.1, 0.15) is 11.1 Å². The first-order valence-corrected chi connectivity index (χ1v) is 5.90. The van der Waals surface area contributed by atoms with Crippen LogP contribution in [-0.4, -0.2) is 4.92 Å². The topological polar surface area (TPSA) is 55.2 Å². The Morgan fingerprint density at radius 3 is 2.60 bits per heavy atom. The normalized spacial score (nSPS) is 10.3. The minimum atomic E-state index is -0.590. The molecule has 0 atom stereocenters. The van der Waals surface area contributed by atoms with Crippen molar-refractivity contribution in [1.29, 1.82) is 0 Å². The Morgan fingerprint density at radius 2 is 1.95 bits per heavy atom. The fourth-order valence-corrected chi connectivity index (χ4v) is 1.81. The second-order valence-corrected chi connectivity index (χ2v) is 4.35. The predicted octanol–water partition coefficient (Wildman–Crippen LogP) is 3.79. The van der Waals surface area contributed by atoms with E-state index >= 15 is 0 Å². The van der Waals surface area contributed by atoms with Gasteiger partial charge in [0.1, 0.15) is 11.6 Å². The number of nitro groups is 1. The quantitative estimate of drug-likeness (QED) is 0.683. The Balaban J connectivity index is 2.18. The fourth-order valence-electron chi connectivity index (χ4n) is 1.81. The molecular weight excluding hydrogens is 266 g/mol. The van der Waals surface area contributed by atoms with Crippen molar-refractivity contribution in [3.63, 3.8) is 0 Å². The van der Waals surface area contributed by atoms with Crippen LogP contribution in [0.15, 0.2) is 36.4 Å². The summed E-state index contributed by atoms with van der Waals surface area (Å²) >= 11 is 0. The Kier molecular flexibility index (Phi) is 3.93. The summed E-state index contributed by atoms with van der Waals surface area (Å²) in [6, 6.07) is 7.55. The highest BCUT2D eigenvalue weighted by Gasteiger charge is 2.10. The summed E-state index contributed by atoms with van der Waals surface area (Å²) in [5, 5.41) is 13.4. The van der Waals surface area contributed by atoms with Crippen LogP contribution in [0.4, 0.5) is 20.2 Å². The number of aryl methyl sites for hydroxylation is 1. The monoisotopic (exact) mass is 278 g/mol. The molecule has 0 heterocycles. The summed E-state index contributed by atoms with van der Waals surface area (Å²) < 4.78 is 26.5. The average Bonchev–Trinajstić information content (AvgIpc) is 2.39. The van der Waals surface area contributed by atoms with Crippen LogP contribution in [0.5, 0.6) is 0 Å². The highest BCUT2D eigenvalue weighted by atomic mass is 19.1. The molecule has 0 fully saturated rings. The zero-order valence-electron chi connectivity index (χ0n) is 10.7. The van der Waals surface area contributed by atoms with E-state index in [4.69, 9.17) is 0 Å². The van der Waals surface area contributed by atoms with E-state index in [0.29, 0.717) is 0 Å². The maximum Gasteiger partial charge on any atom is 0.271 e. The summed E-state index contributed by atoms with van der Waals surface area (Å²) in [5.41, 5.74) is 1.37. The molecule has 0 saturated carbocycles. The van der Waals surface area contributed by atoms with Crippen LogP contribution in [0.2, 0.25) is 0 Å². The van der Waals surface area contributed by atoms with Gasteiger partial charge in [0.25, 0.3) is 5.69 Å². The van der Waals surface area contributed by atoms with Gasteiger partial charge in [-0.15, -0.1) is 0 Å². The average molecular weight is 278 g/mol. The first kappa shape index (κ1) is 13.9.